The molecule has 0 saturated heterocycles. The van der Waals surface area contributed by atoms with Gasteiger partial charge < -0.3 is 5.32 Å². The van der Waals surface area contributed by atoms with Gasteiger partial charge in [-0.15, -0.1) is 5.10 Å². The zero-order valence-corrected chi connectivity index (χ0v) is 12.2. The molecule has 0 aliphatic carbocycles. The van der Waals surface area contributed by atoms with Crippen LogP contribution in [0.25, 0.3) is 0 Å². The minimum Gasteiger partial charge on any atom is -0.306 e. The van der Waals surface area contributed by atoms with Gasteiger partial charge in [-0.05, 0) is 51.9 Å². The summed E-state index contributed by atoms with van der Waals surface area (Å²) in [5, 5.41) is 11.8. The monoisotopic (exact) mass is 317 g/mol. The van der Waals surface area contributed by atoms with Crippen molar-refractivity contribution in [3.63, 3.8) is 0 Å². The number of hydrogen-bond donors (Lipinski definition) is 1. The first-order chi connectivity index (χ1) is 7.74. The summed E-state index contributed by atoms with van der Waals surface area (Å²) in [6.07, 6.45) is 0. The summed E-state index contributed by atoms with van der Waals surface area (Å²) in [5.41, 5.74) is 2.27. The first-order valence-corrected chi connectivity index (χ1v) is 7.48. The number of nitrogens with zero attached hydrogens (tertiary/aromatic N) is 2. The normalized spacial score (nSPS) is 12.9. The van der Waals surface area contributed by atoms with E-state index in [4.69, 9.17) is 0 Å². The summed E-state index contributed by atoms with van der Waals surface area (Å²) in [6, 6.07) is 0.200. The SMILES string of the molecule is CCNC(c1cscc1Br)c1snnc1C. The van der Waals surface area contributed by atoms with Crippen molar-refractivity contribution in [1.82, 2.24) is 14.9 Å². The van der Waals surface area contributed by atoms with E-state index in [1.807, 2.05) is 6.92 Å². The Morgan fingerprint density at radius 1 is 1.50 bits per heavy atom. The lowest BCUT2D eigenvalue weighted by atomic mass is 10.1. The third kappa shape index (κ3) is 2.34. The number of aryl methyl sites for hydroxylation is 1. The second-order valence-corrected chi connectivity index (χ2v) is 5.77. The molecule has 2 aromatic heterocycles. The number of rotatable bonds is 4. The van der Waals surface area contributed by atoms with Gasteiger partial charge in [0.15, 0.2) is 0 Å². The molecule has 1 unspecified atom stereocenters. The number of aromatic nitrogens is 2. The highest BCUT2D eigenvalue weighted by atomic mass is 79.9. The van der Waals surface area contributed by atoms with Gasteiger partial charge in [0.05, 0.1) is 16.6 Å². The van der Waals surface area contributed by atoms with Gasteiger partial charge in [0.25, 0.3) is 0 Å². The van der Waals surface area contributed by atoms with Gasteiger partial charge in [0, 0.05) is 9.85 Å². The third-order valence-corrected chi connectivity index (χ3v) is 4.95. The minimum atomic E-state index is 0.200. The summed E-state index contributed by atoms with van der Waals surface area (Å²) >= 11 is 6.75. The lowest BCUT2D eigenvalue weighted by molar-refractivity contribution is 0.635. The van der Waals surface area contributed by atoms with Crippen LogP contribution in [-0.4, -0.2) is 16.1 Å². The molecular weight excluding hydrogens is 306 g/mol. The van der Waals surface area contributed by atoms with E-state index in [9.17, 15) is 0 Å². The summed E-state index contributed by atoms with van der Waals surface area (Å²) in [7, 11) is 0. The van der Waals surface area contributed by atoms with Crippen molar-refractivity contribution < 1.29 is 0 Å². The van der Waals surface area contributed by atoms with E-state index in [1.54, 1.807) is 11.3 Å². The van der Waals surface area contributed by atoms with E-state index in [-0.39, 0.29) is 6.04 Å². The Morgan fingerprint density at radius 2 is 2.31 bits per heavy atom. The van der Waals surface area contributed by atoms with Crippen LogP contribution in [0, 0.1) is 6.92 Å². The van der Waals surface area contributed by atoms with Crippen molar-refractivity contribution in [3.8, 4) is 0 Å². The van der Waals surface area contributed by atoms with Gasteiger partial charge >= 0.3 is 0 Å². The molecule has 0 saturated carbocycles. The minimum absolute atomic E-state index is 0.200. The maximum absolute atomic E-state index is 4.08. The van der Waals surface area contributed by atoms with E-state index >= 15 is 0 Å². The Balaban J connectivity index is 2.39. The van der Waals surface area contributed by atoms with Crippen LogP contribution in [0.2, 0.25) is 0 Å². The maximum Gasteiger partial charge on any atom is 0.0776 e. The lowest BCUT2D eigenvalue weighted by Crippen LogP contribution is -2.21. The molecule has 0 amide bonds. The van der Waals surface area contributed by atoms with Crippen LogP contribution in [-0.2, 0) is 0 Å². The number of halogens is 1. The van der Waals surface area contributed by atoms with Crippen molar-refractivity contribution in [3.05, 3.63) is 31.4 Å². The van der Waals surface area contributed by atoms with Gasteiger partial charge in [-0.3, -0.25) is 0 Å². The quantitative estimate of drug-likeness (QED) is 0.939. The molecule has 0 radical (unpaired) electrons. The fraction of sp³-hybridized carbons (Fsp3) is 0.400. The summed E-state index contributed by atoms with van der Waals surface area (Å²) in [5.74, 6) is 0. The second kappa shape index (κ2) is 5.35. The van der Waals surface area contributed by atoms with Crippen LogP contribution in [0.3, 0.4) is 0 Å². The predicted molar refractivity (Wildman–Crippen MR) is 72.2 cm³/mol. The number of thiophene rings is 1. The van der Waals surface area contributed by atoms with E-state index in [0.717, 1.165) is 16.7 Å². The first-order valence-electron chi connectivity index (χ1n) is 4.97. The van der Waals surface area contributed by atoms with Crippen LogP contribution in [0.15, 0.2) is 15.2 Å². The Morgan fingerprint density at radius 3 is 2.81 bits per heavy atom. The topological polar surface area (TPSA) is 37.8 Å². The summed E-state index contributed by atoms with van der Waals surface area (Å²) < 4.78 is 5.15. The fourth-order valence-electron chi connectivity index (χ4n) is 1.55. The van der Waals surface area contributed by atoms with Crippen molar-refractivity contribution in [2.75, 3.05) is 6.54 Å². The van der Waals surface area contributed by atoms with Crippen molar-refractivity contribution >= 4 is 38.8 Å². The van der Waals surface area contributed by atoms with Crippen molar-refractivity contribution in [2.24, 2.45) is 0 Å². The van der Waals surface area contributed by atoms with Crippen LogP contribution < -0.4 is 5.32 Å². The molecule has 2 rings (SSSR count). The number of nitrogens with one attached hydrogen (secondary N) is 1. The fourth-order valence-corrected chi connectivity index (χ4v) is 3.84. The van der Waals surface area contributed by atoms with E-state index in [0.29, 0.717) is 0 Å². The van der Waals surface area contributed by atoms with Crippen LogP contribution in [0.1, 0.15) is 29.1 Å². The molecule has 0 aromatic carbocycles. The van der Waals surface area contributed by atoms with Crippen molar-refractivity contribution in [1.29, 1.82) is 0 Å². The number of hydrogen-bond acceptors (Lipinski definition) is 5. The zero-order valence-electron chi connectivity index (χ0n) is 9.03. The van der Waals surface area contributed by atoms with Gasteiger partial charge in [0.1, 0.15) is 0 Å². The van der Waals surface area contributed by atoms with Gasteiger partial charge in [-0.1, -0.05) is 11.4 Å². The highest BCUT2D eigenvalue weighted by molar-refractivity contribution is 9.10. The van der Waals surface area contributed by atoms with E-state index < -0.39 is 0 Å². The molecule has 3 nitrogen and oxygen atoms in total. The molecule has 0 aliphatic rings. The smallest absolute Gasteiger partial charge is 0.0776 e. The maximum atomic E-state index is 4.08. The molecule has 0 spiro atoms. The predicted octanol–water partition coefficient (Wildman–Crippen LogP) is 3.37. The molecule has 16 heavy (non-hydrogen) atoms. The first kappa shape index (κ1) is 12.2. The average molecular weight is 318 g/mol. The van der Waals surface area contributed by atoms with Gasteiger partial charge in [0.2, 0.25) is 0 Å². The molecule has 2 aromatic rings. The lowest BCUT2D eigenvalue weighted by Gasteiger charge is -2.15. The second-order valence-electron chi connectivity index (χ2n) is 3.39. The molecule has 2 heterocycles. The zero-order chi connectivity index (χ0) is 11.5. The highest BCUT2D eigenvalue weighted by Crippen LogP contribution is 2.33. The average Bonchev–Trinajstić information content (AvgIpc) is 2.84. The standard InChI is InChI=1S/C10H12BrN3S2/c1-3-12-9(7-4-15-5-8(7)11)10-6(2)13-14-16-10/h4-5,9,12H,3H2,1-2H3. The Hall–Kier alpha value is -0.300. The molecule has 0 aliphatic heterocycles. The van der Waals surface area contributed by atoms with Crippen molar-refractivity contribution in [2.45, 2.75) is 19.9 Å². The Kier molecular flexibility index (Phi) is 4.07. The molecular formula is C10H12BrN3S2. The largest absolute Gasteiger partial charge is 0.306 e. The van der Waals surface area contributed by atoms with E-state index in [2.05, 4.69) is 48.5 Å². The van der Waals surface area contributed by atoms with Crippen LogP contribution >= 0.6 is 38.8 Å². The molecule has 6 heteroatoms. The highest BCUT2D eigenvalue weighted by Gasteiger charge is 2.20. The van der Waals surface area contributed by atoms with Crippen LogP contribution in [0.5, 0.6) is 0 Å². The molecule has 86 valence electrons. The van der Waals surface area contributed by atoms with E-state index in [1.165, 1.54) is 22.0 Å². The van der Waals surface area contributed by atoms with Crippen LogP contribution in [0.4, 0.5) is 0 Å². The molecule has 0 fully saturated rings. The third-order valence-electron chi connectivity index (χ3n) is 2.31. The molecule has 1 N–H and O–H groups in total. The Bertz CT molecular complexity index is 426. The Labute approximate surface area is 111 Å². The van der Waals surface area contributed by atoms with Gasteiger partial charge in [-0.2, -0.15) is 11.3 Å². The molecule has 0 bridgehead atoms. The van der Waals surface area contributed by atoms with Gasteiger partial charge in [-0.25, -0.2) is 0 Å². The summed E-state index contributed by atoms with van der Waals surface area (Å²) in [4.78, 5) is 1.20. The molecule has 1 atom stereocenters. The summed E-state index contributed by atoms with van der Waals surface area (Å²) in [6.45, 7) is 5.03.